The van der Waals surface area contributed by atoms with Crippen molar-refractivity contribution in [1.29, 1.82) is 0 Å². The molecule has 2 rings (SSSR count). The summed E-state index contributed by atoms with van der Waals surface area (Å²) in [5, 5.41) is 2.69. The third-order valence-electron chi connectivity index (χ3n) is 2.86. The lowest BCUT2D eigenvalue weighted by atomic mass is 10.1. The Morgan fingerprint density at radius 2 is 1.95 bits per heavy atom. The van der Waals surface area contributed by atoms with Gasteiger partial charge in [-0.15, -0.1) is 0 Å². The molecule has 106 valence electrons. The molecule has 2 aromatic rings. The van der Waals surface area contributed by atoms with E-state index < -0.39 is 0 Å². The number of rotatable bonds is 3. The first-order valence-electron chi connectivity index (χ1n) is 6.51. The zero-order chi connectivity index (χ0) is 15.1. The van der Waals surface area contributed by atoms with E-state index in [1.54, 1.807) is 36.4 Å². The molecule has 0 unspecified atom stereocenters. The molecule has 0 bridgehead atoms. The number of hydrogen-bond donors (Lipinski definition) is 2. The first-order chi connectivity index (χ1) is 10.2. The van der Waals surface area contributed by atoms with Gasteiger partial charge in [-0.3, -0.25) is 4.79 Å². The van der Waals surface area contributed by atoms with Crippen molar-refractivity contribution in [2.75, 3.05) is 6.54 Å². The SMILES string of the molecule is NCC#Cc1ccc(F)c(CNC(=O)c2ccccc2)c1. The largest absolute Gasteiger partial charge is 0.348 e. The second kappa shape index (κ2) is 7.22. The summed E-state index contributed by atoms with van der Waals surface area (Å²) in [6, 6.07) is 13.3. The highest BCUT2D eigenvalue weighted by atomic mass is 19.1. The molecule has 0 aliphatic carbocycles. The molecule has 0 saturated carbocycles. The Morgan fingerprint density at radius 1 is 1.19 bits per heavy atom. The molecule has 4 heteroatoms. The Labute approximate surface area is 123 Å². The molecule has 2 aromatic carbocycles. The van der Waals surface area contributed by atoms with Crippen LogP contribution in [0.15, 0.2) is 48.5 Å². The highest BCUT2D eigenvalue weighted by Crippen LogP contribution is 2.10. The maximum Gasteiger partial charge on any atom is 0.251 e. The van der Waals surface area contributed by atoms with Gasteiger partial charge in [0.2, 0.25) is 0 Å². The van der Waals surface area contributed by atoms with Crippen LogP contribution >= 0.6 is 0 Å². The van der Waals surface area contributed by atoms with Crippen molar-refractivity contribution in [1.82, 2.24) is 5.32 Å². The zero-order valence-corrected chi connectivity index (χ0v) is 11.4. The molecule has 21 heavy (non-hydrogen) atoms. The van der Waals surface area contributed by atoms with Crippen molar-refractivity contribution in [2.24, 2.45) is 5.73 Å². The summed E-state index contributed by atoms with van der Waals surface area (Å²) in [6.07, 6.45) is 0. The first-order valence-corrected chi connectivity index (χ1v) is 6.51. The van der Waals surface area contributed by atoms with E-state index in [1.165, 1.54) is 6.07 Å². The van der Waals surface area contributed by atoms with E-state index in [0.717, 1.165) is 0 Å². The minimum Gasteiger partial charge on any atom is -0.348 e. The fourth-order valence-corrected chi connectivity index (χ4v) is 1.81. The Morgan fingerprint density at radius 3 is 2.67 bits per heavy atom. The topological polar surface area (TPSA) is 55.1 Å². The van der Waals surface area contributed by atoms with Gasteiger partial charge in [-0.25, -0.2) is 4.39 Å². The monoisotopic (exact) mass is 282 g/mol. The molecule has 0 spiro atoms. The summed E-state index contributed by atoms with van der Waals surface area (Å²) in [7, 11) is 0. The van der Waals surface area contributed by atoms with Crippen LogP contribution in [0.25, 0.3) is 0 Å². The van der Waals surface area contributed by atoms with E-state index in [9.17, 15) is 9.18 Å². The van der Waals surface area contributed by atoms with Crippen molar-refractivity contribution < 1.29 is 9.18 Å². The Kier molecular flexibility index (Phi) is 5.08. The molecular weight excluding hydrogens is 267 g/mol. The van der Waals surface area contributed by atoms with Gasteiger partial charge in [0.15, 0.2) is 0 Å². The van der Waals surface area contributed by atoms with Gasteiger partial charge < -0.3 is 11.1 Å². The van der Waals surface area contributed by atoms with Gasteiger partial charge in [0, 0.05) is 23.2 Å². The lowest BCUT2D eigenvalue weighted by Gasteiger charge is -2.07. The number of hydrogen-bond acceptors (Lipinski definition) is 2. The van der Waals surface area contributed by atoms with Crippen LogP contribution in [0.4, 0.5) is 4.39 Å². The van der Waals surface area contributed by atoms with E-state index in [0.29, 0.717) is 16.7 Å². The van der Waals surface area contributed by atoms with Gasteiger partial charge in [0.1, 0.15) is 5.82 Å². The molecule has 1 amide bonds. The smallest absolute Gasteiger partial charge is 0.251 e. The van der Waals surface area contributed by atoms with Crippen LogP contribution in [0, 0.1) is 17.7 Å². The zero-order valence-electron chi connectivity index (χ0n) is 11.4. The van der Waals surface area contributed by atoms with Crippen molar-refractivity contribution in [3.63, 3.8) is 0 Å². The lowest BCUT2D eigenvalue weighted by molar-refractivity contribution is 0.0950. The van der Waals surface area contributed by atoms with Crippen LogP contribution in [0.5, 0.6) is 0 Å². The minimum atomic E-state index is -0.373. The lowest BCUT2D eigenvalue weighted by Crippen LogP contribution is -2.23. The molecule has 0 saturated heterocycles. The molecule has 0 fully saturated rings. The Balaban J connectivity index is 2.07. The second-order valence-electron chi connectivity index (χ2n) is 4.36. The number of benzene rings is 2. The first kappa shape index (κ1) is 14.8. The van der Waals surface area contributed by atoms with E-state index in [-0.39, 0.29) is 24.8 Å². The van der Waals surface area contributed by atoms with Crippen LogP contribution in [-0.2, 0) is 6.54 Å². The maximum atomic E-state index is 13.7. The van der Waals surface area contributed by atoms with Gasteiger partial charge >= 0.3 is 0 Å². The van der Waals surface area contributed by atoms with Crippen LogP contribution in [0.1, 0.15) is 21.5 Å². The highest BCUT2D eigenvalue weighted by molar-refractivity contribution is 5.94. The van der Waals surface area contributed by atoms with Crippen LogP contribution in [0.2, 0.25) is 0 Å². The summed E-state index contributed by atoms with van der Waals surface area (Å²) in [6.45, 7) is 0.356. The summed E-state index contributed by atoms with van der Waals surface area (Å²) in [5.41, 5.74) is 6.91. The summed E-state index contributed by atoms with van der Waals surface area (Å²) < 4.78 is 13.7. The van der Waals surface area contributed by atoms with Gasteiger partial charge in [-0.05, 0) is 30.3 Å². The molecule has 0 radical (unpaired) electrons. The number of carbonyl (C=O) groups is 1. The van der Waals surface area contributed by atoms with Crippen molar-refractivity contribution >= 4 is 5.91 Å². The van der Waals surface area contributed by atoms with Crippen molar-refractivity contribution in [2.45, 2.75) is 6.54 Å². The average molecular weight is 282 g/mol. The van der Waals surface area contributed by atoms with Crippen molar-refractivity contribution in [3.05, 3.63) is 71.0 Å². The number of halogens is 1. The standard InChI is InChI=1S/C17H15FN2O/c18-16-9-8-13(5-4-10-19)11-15(16)12-20-17(21)14-6-2-1-3-7-14/h1-3,6-9,11H,10,12,19H2,(H,20,21). The summed E-state index contributed by atoms with van der Waals surface area (Å²) >= 11 is 0. The normalized spacial score (nSPS) is 9.62. The van der Waals surface area contributed by atoms with Gasteiger partial charge in [0.05, 0.1) is 6.54 Å². The quantitative estimate of drug-likeness (QED) is 0.847. The Bertz CT molecular complexity index is 687. The van der Waals surface area contributed by atoms with E-state index in [2.05, 4.69) is 17.2 Å². The predicted molar refractivity (Wildman–Crippen MR) is 79.9 cm³/mol. The third kappa shape index (κ3) is 4.16. The molecule has 0 aliphatic rings. The molecule has 0 aromatic heterocycles. The molecule has 0 aliphatic heterocycles. The number of carbonyl (C=O) groups excluding carboxylic acids is 1. The van der Waals surface area contributed by atoms with E-state index >= 15 is 0 Å². The third-order valence-corrected chi connectivity index (χ3v) is 2.86. The Hall–Kier alpha value is -2.64. The van der Waals surface area contributed by atoms with Crippen molar-refractivity contribution in [3.8, 4) is 11.8 Å². The number of nitrogens with one attached hydrogen (secondary N) is 1. The van der Waals surface area contributed by atoms with Crippen LogP contribution in [0.3, 0.4) is 0 Å². The summed E-state index contributed by atoms with van der Waals surface area (Å²) in [4.78, 5) is 11.9. The summed E-state index contributed by atoms with van der Waals surface area (Å²) in [5.74, 6) is 4.93. The molecule has 3 N–H and O–H groups in total. The molecular formula is C17H15FN2O. The predicted octanol–water partition coefficient (Wildman–Crippen LogP) is 2.07. The van der Waals surface area contributed by atoms with Gasteiger partial charge in [-0.2, -0.15) is 0 Å². The van der Waals surface area contributed by atoms with Crippen LogP contribution in [-0.4, -0.2) is 12.5 Å². The molecule has 0 atom stereocenters. The minimum absolute atomic E-state index is 0.109. The fourth-order valence-electron chi connectivity index (χ4n) is 1.81. The number of amides is 1. The van der Waals surface area contributed by atoms with E-state index in [4.69, 9.17) is 5.73 Å². The van der Waals surface area contributed by atoms with Crippen LogP contribution < -0.4 is 11.1 Å². The molecule has 0 heterocycles. The highest BCUT2D eigenvalue weighted by Gasteiger charge is 2.07. The number of nitrogens with two attached hydrogens (primary N) is 1. The molecule has 3 nitrogen and oxygen atoms in total. The fraction of sp³-hybridized carbons (Fsp3) is 0.118. The maximum absolute atomic E-state index is 13.7. The van der Waals surface area contributed by atoms with Gasteiger partial charge in [-0.1, -0.05) is 30.0 Å². The van der Waals surface area contributed by atoms with Gasteiger partial charge in [0.25, 0.3) is 5.91 Å². The average Bonchev–Trinajstić information content (AvgIpc) is 2.53. The second-order valence-corrected chi connectivity index (χ2v) is 4.36. The van der Waals surface area contributed by atoms with E-state index in [1.807, 2.05) is 6.07 Å².